The number of benzene rings is 1. The molecule has 0 saturated heterocycles. The van der Waals surface area contributed by atoms with Crippen molar-refractivity contribution in [2.45, 2.75) is 62.6 Å². The molecule has 2 saturated carbocycles. The van der Waals surface area contributed by atoms with Crippen LogP contribution in [-0.4, -0.2) is 22.9 Å². The third-order valence-electron chi connectivity index (χ3n) is 5.05. The van der Waals surface area contributed by atoms with Crippen LogP contribution in [0.15, 0.2) is 18.2 Å². The summed E-state index contributed by atoms with van der Waals surface area (Å²) in [6.07, 6.45) is -2.24. The van der Waals surface area contributed by atoms with Crippen molar-refractivity contribution in [3.63, 3.8) is 0 Å². The topological polar surface area (TPSA) is 46.5 Å². The highest BCUT2D eigenvalue weighted by molar-refractivity contribution is 5.78. The van der Waals surface area contributed by atoms with E-state index in [0.717, 1.165) is 5.56 Å². The van der Waals surface area contributed by atoms with Gasteiger partial charge >= 0.3 is 12.1 Å². The van der Waals surface area contributed by atoms with E-state index in [-0.39, 0.29) is 24.2 Å². The van der Waals surface area contributed by atoms with Crippen molar-refractivity contribution in [3.8, 4) is 5.75 Å². The molecule has 0 aliphatic heterocycles. The second-order valence-corrected chi connectivity index (χ2v) is 6.69. The van der Waals surface area contributed by atoms with E-state index in [9.17, 15) is 23.1 Å². The third-order valence-corrected chi connectivity index (χ3v) is 5.05. The fourth-order valence-corrected chi connectivity index (χ4v) is 3.46. The maximum atomic E-state index is 13.5. The van der Waals surface area contributed by atoms with E-state index in [4.69, 9.17) is 4.74 Å². The number of alkyl halides is 3. The lowest BCUT2D eigenvalue weighted by atomic mass is 9.92. The van der Waals surface area contributed by atoms with Gasteiger partial charge in [-0.15, -0.1) is 0 Å². The number of carbonyl (C=O) groups is 1. The maximum Gasteiger partial charge on any atom is 0.398 e. The standard InChI is InChI=1S/C17H19F3O3/c1-11-4-5-12(15(8-9-15)17(18,19)20)13(10-11)23-16(14(21)22)6-2-3-7-16/h4-5,10H,2-3,6-9H2,1H3,(H,21,22). The Morgan fingerprint density at radius 2 is 1.78 bits per heavy atom. The molecule has 0 bridgehead atoms. The average molecular weight is 328 g/mol. The quantitative estimate of drug-likeness (QED) is 0.893. The van der Waals surface area contributed by atoms with Crippen LogP contribution in [0, 0.1) is 6.92 Å². The van der Waals surface area contributed by atoms with Gasteiger partial charge in [0, 0.05) is 5.56 Å². The van der Waals surface area contributed by atoms with Crippen LogP contribution in [-0.2, 0) is 10.2 Å². The molecule has 3 rings (SSSR count). The monoisotopic (exact) mass is 328 g/mol. The minimum absolute atomic E-state index is 0.0238. The van der Waals surface area contributed by atoms with Gasteiger partial charge in [0.1, 0.15) is 5.75 Å². The molecule has 1 aromatic carbocycles. The van der Waals surface area contributed by atoms with E-state index in [1.54, 1.807) is 13.0 Å². The zero-order valence-electron chi connectivity index (χ0n) is 12.9. The van der Waals surface area contributed by atoms with Crippen LogP contribution < -0.4 is 4.74 Å². The Bertz CT molecular complexity index is 626. The van der Waals surface area contributed by atoms with E-state index < -0.39 is 23.2 Å². The predicted octanol–water partition coefficient (Wildman–Crippen LogP) is 4.37. The van der Waals surface area contributed by atoms with Crippen molar-refractivity contribution >= 4 is 5.97 Å². The van der Waals surface area contributed by atoms with Gasteiger partial charge in [0.05, 0.1) is 5.41 Å². The summed E-state index contributed by atoms with van der Waals surface area (Å²) in [4.78, 5) is 11.6. The van der Waals surface area contributed by atoms with Crippen molar-refractivity contribution in [2.75, 3.05) is 0 Å². The molecule has 0 heterocycles. The molecule has 0 amide bonds. The number of halogens is 3. The summed E-state index contributed by atoms with van der Waals surface area (Å²) >= 11 is 0. The molecule has 3 nitrogen and oxygen atoms in total. The van der Waals surface area contributed by atoms with Gasteiger partial charge in [-0.3, -0.25) is 0 Å². The molecule has 0 spiro atoms. The number of aliphatic carboxylic acids is 1. The molecule has 126 valence electrons. The third kappa shape index (κ3) is 2.58. The first kappa shape index (κ1) is 16.1. The number of rotatable bonds is 4. The summed E-state index contributed by atoms with van der Waals surface area (Å²) in [6, 6.07) is 4.59. The van der Waals surface area contributed by atoms with Gasteiger partial charge in [-0.1, -0.05) is 12.1 Å². The van der Waals surface area contributed by atoms with Gasteiger partial charge in [0.25, 0.3) is 0 Å². The molecule has 0 unspecified atom stereocenters. The van der Waals surface area contributed by atoms with Crippen LogP contribution in [0.5, 0.6) is 5.75 Å². The molecule has 0 radical (unpaired) electrons. The van der Waals surface area contributed by atoms with E-state index in [2.05, 4.69) is 0 Å². The minimum atomic E-state index is -4.35. The normalized spacial score (nSPS) is 21.9. The fraction of sp³-hybridized carbons (Fsp3) is 0.588. The molecule has 0 aromatic heterocycles. The van der Waals surface area contributed by atoms with E-state index in [1.807, 2.05) is 0 Å². The fourth-order valence-electron chi connectivity index (χ4n) is 3.46. The van der Waals surface area contributed by atoms with Gasteiger partial charge in [0.2, 0.25) is 5.60 Å². The summed E-state index contributed by atoms with van der Waals surface area (Å²) in [7, 11) is 0. The van der Waals surface area contributed by atoms with Crippen LogP contribution in [0.2, 0.25) is 0 Å². The van der Waals surface area contributed by atoms with Gasteiger partial charge in [0.15, 0.2) is 0 Å². The number of hydrogen-bond donors (Lipinski definition) is 1. The summed E-state index contributed by atoms with van der Waals surface area (Å²) in [6.45, 7) is 1.76. The largest absolute Gasteiger partial charge is 0.478 e. The average Bonchev–Trinajstić information content (AvgIpc) is 3.12. The number of ether oxygens (including phenoxy) is 1. The highest BCUT2D eigenvalue weighted by Gasteiger charge is 2.65. The maximum absolute atomic E-state index is 13.5. The van der Waals surface area contributed by atoms with Crippen molar-refractivity contribution in [3.05, 3.63) is 29.3 Å². The molecule has 2 aliphatic rings. The zero-order valence-corrected chi connectivity index (χ0v) is 12.9. The minimum Gasteiger partial charge on any atom is -0.478 e. The summed E-state index contributed by atoms with van der Waals surface area (Å²) in [5, 5.41) is 9.52. The van der Waals surface area contributed by atoms with Crippen LogP contribution in [0.3, 0.4) is 0 Å². The van der Waals surface area contributed by atoms with Crippen LogP contribution in [0.1, 0.15) is 49.7 Å². The van der Waals surface area contributed by atoms with Crippen LogP contribution in [0.25, 0.3) is 0 Å². The Morgan fingerprint density at radius 1 is 1.17 bits per heavy atom. The molecular formula is C17H19F3O3. The van der Waals surface area contributed by atoms with Crippen LogP contribution in [0.4, 0.5) is 13.2 Å². The van der Waals surface area contributed by atoms with Crippen LogP contribution >= 0.6 is 0 Å². The molecule has 2 aliphatic carbocycles. The number of hydrogen-bond acceptors (Lipinski definition) is 2. The molecule has 0 atom stereocenters. The SMILES string of the molecule is Cc1ccc(C2(C(F)(F)F)CC2)c(OC2(C(=O)O)CCCC2)c1. The first-order chi connectivity index (χ1) is 10.7. The van der Waals surface area contributed by atoms with Crippen molar-refractivity contribution in [1.29, 1.82) is 0 Å². The number of carboxylic acids is 1. The number of carboxylic acid groups (broad SMARTS) is 1. The molecule has 1 aromatic rings. The zero-order chi connectivity index (χ0) is 16.9. The Labute approximate surface area is 132 Å². The summed E-state index contributed by atoms with van der Waals surface area (Å²) in [5.74, 6) is -1.02. The van der Waals surface area contributed by atoms with Crippen molar-refractivity contribution < 1.29 is 27.8 Å². The van der Waals surface area contributed by atoms with Gasteiger partial charge in [-0.25, -0.2) is 4.79 Å². The molecule has 2 fully saturated rings. The highest BCUT2D eigenvalue weighted by Crippen LogP contribution is 2.61. The molecule has 1 N–H and O–H groups in total. The Morgan fingerprint density at radius 3 is 2.26 bits per heavy atom. The lowest BCUT2D eigenvalue weighted by molar-refractivity contribution is -0.162. The summed E-state index contributed by atoms with van der Waals surface area (Å²) in [5.41, 5.74) is -2.46. The lowest BCUT2D eigenvalue weighted by Gasteiger charge is -2.29. The second-order valence-electron chi connectivity index (χ2n) is 6.69. The van der Waals surface area contributed by atoms with E-state index in [0.29, 0.717) is 25.7 Å². The molecular weight excluding hydrogens is 309 g/mol. The smallest absolute Gasteiger partial charge is 0.398 e. The van der Waals surface area contributed by atoms with Crippen molar-refractivity contribution in [1.82, 2.24) is 0 Å². The van der Waals surface area contributed by atoms with Gasteiger partial charge in [-0.2, -0.15) is 13.2 Å². The predicted molar refractivity (Wildman–Crippen MR) is 77.6 cm³/mol. The molecule has 6 heteroatoms. The Kier molecular flexibility index (Phi) is 3.61. The van der Waals surface area contributed by atoms with E-state index >= 15 is 0 Å². The van der Waals surface area contributed by atoms with Crippen molar-refractivity contribution in [2.24, 2.45) is 0 Å². The van der Waals surface area contributed by atoms with Gasteiger partial charge < -0.3 is 9.84 Å². The number of aryl methyl sites for hydroxylation is 1. The second kappa shape index (κ2) is 5.14. The van der Waals surface area contributed by atoms with E-state index in [1.165, 1.54) is 12.1 Å². The first-order valence-corrected chi connectivity index (χ1v) is 7.81. The lowest BCUT2D eigenvalue weighted by Crippen LogP contribution is -2.42. The Balaban J connectivity index is 2.03. The summed E-state index contributed by atoms with van der Waals surface area (Å²) < 4.78 is 46.1. The van der Waals surface area contributed by atoms with Gasteiger partial charge in [-0.05, 0) is 57.1 Å². The first-order valence-electron chi connectivity index (χ1n) is 7.81. The Hall–Kier alpha value is -1.72. The highest BCUT2D eigenvalue weighted by atomic mass is 19.4. The molecule has 23 heavy (non-hydrogen) atoms.